The Labute approximate surface area is 142 Å². The Morgan fingerprint density at radius 1 is 0.913 bits per heavy atom. The van der Waals surface area contributed by atoms with Gasteiger partial charge >= 0.3 is 0 Å². The second-order valence-electron chi connectivity index (χ2n) is 8.43. The quantitative estimate of drug-likeness (QED) is 0.810. The number of piperidine rings is 1. The third-order valence-electron chi connectivity index (χ3n) is 5.56. The summed E-state index contributed by atoms with van der Waals surface area (Å²) in [6.07, 6.45) is 2.73. The molecule has 0 aromatic heterocycles. The summed E-state index contributed by atoms with van der Waals surface area (Å²) in [4.78, 5) is 7.99. The molecule has 5 heteroatoms. The molecule has 0 unspecified atom stereocenters. The molecule has 3 saturated heterocycles. The van der Waals surface area contributed by atoms with Gasteiger partial charge in [-0.1, -0.05) is 0 Å². The molecule has 23 heavy (non-hydrogen) atoms. The van der Waals surface area contributed by atoms with E-state index >= 15 is 0 Å². The molecule has 0 aromatic carbocycles. The fourth-order valence-corrected chi connectivity index (χ4v) is 4.10. The number of likely N-dealkylation sites (tertiary alicyclic amines) is 2. The number of piperazine rings is 1. The van der Waals surface area contributed by atoms with Crippen LogP contribution in [0.2, 0.25) is 0 Å². The molecule has 3 fully saturated rings. The Bertz CT molecular complexity index is 351. The molecule has 0 aromatic rings. The highest BCUT2D eigenvalue weighted by Gasteiger charge is 2.34. The van der Waals surface area contributed by atoms with E-state index < -0.39 is 0 Å². The second-order valence-corrected chi connectivity index (χ2v) is 8.43. The normalized spacial score (nSPS) is 27.3. The monoisotopic (exact) mass is 324 g/mol. The molecule has 3 aliphatic heterocycles. The first-order valence-electron chi connectivity index (χ1n) is 9.56. The number of hydrogen-bond acceptors (Lipinski definition) is 5. The lowest BCUT2D eigenvalue weighted by atomic mass is 9.98. The van der Waals surface area contributed by atoms with Crippen LogP contribution in [0.3, 0.4) is 0 Å². The van der Waals surface area contributed by atoms with Crippen LogP contribution in [0.4, 0.5) is 0 Å². The van der Waals surface area contributed by atoms with Crippen molar-refractivity contribution in [3.8, 4) is 0 Å². The first-order valence-corrected chi connectivity index (χ1v) is 9.56. The van der Waals surface area contributed by atoms with Gasteiger partial charge in [0, 0.05) is 71.0 Å². The highest BCUT2D eigenvalue weighted by atomic mass is 16.5. The molecular weight excluding hydrogens is 288 g/mol. The van der Waals surface area contributed by atoms with E-state index in [0.717, 1.165) is 25.2 Å². The lowest BCUT2D eigenvalue weighted by molar-refractivity contribution is -0.0419. The number of rotatable bonds is 5. The highest BCUT2D eigenvalue weighted by Crippen LogP contribution is 2.23. The molecule has 5 nitrogen and oxygen atoms in total. The summed E-state index contributed by atoms with van der Waals surface area (Å²) < 4.78 is 5.83. The second kappa shape index (κ2) is 7.79. The van der Waals surface area contributed by atoms with E-state index in [0.29, 0.717) is 0 Å². The average Bonchev–Trinajstić information content (AvgIpc) is 2.50. The van der Waals surface area contributed by atoms with Gasteiger partial charge in [-0.25, -0.2) is 0 Å². The van der Waals surface area contributed by atoms with Crippen molar-refractivity contribution in [2.75, 3.05) is 65.5 Å². The van der Waals surface area contributed by atoms with Gasteiger partial charge in [-0.3, -0.25) is 14.7 Å². The van der Waals surface area contributed by atoms with Crippen LogP contribution in [-0.4, -0.2) is 97.9 Å². The first kappa shape index (κ1) is 17.6. The van der Waals surface area contributed by atoms with Crippen LogP contribution in [0.1, 0.15) is 33.6 Å². The first-order chi connectivity index (χ1) is 11.0. The van der Waals surface area contributed by atoms with E-state index in [-0.39, 0.29) is 5.60 Å². The molecule has 3 aliphatic rings. The van der Waals surface area contributed by atoms with Crippen LogP contribution < -0.4 is 5.32 Å². The van der Waals surface area contributed by atoms with Crippen molar-refractivity contribution >= 4 is 0 Å². The van der Waals surface area contributed by atoms with E-state index in [1.54, 1.807) is 0 Å². The van der Waals surface area contributed by atoms with Crippen molar-refractivity contribution in [2.24, 2.45) is 0 Å². The maximum absolute atomic E-state index is 5.83. The van der Waals surface area contributed by atoms with Crippen molar-refractivity contribution in [3.63, 3.8) is 0 Å². The van der Waals surface area contributed by atoms with Gasteiger partial charge in [0.25, 0.3) is 0 Å². The Morgan fingerprint density at radius 3 is 2.13 bits per heavy atom. The van der Waals surface area contributed by atoms with Crippen LogP contribution in [0.25, 0.3) is 0 Å². The largest absolute Gasteiger partial charge is 0.375 e. The van der Waals surface area contributed by atoms with Crippen LogP contribution in [0, 0.1) is 0 Å². The van der Waals surface area contributed by atoms with Crippen LogP contribution in [0.5, 0.6) is 0 Å². The molecule has 134 valence electrons. The van der Waals surface area contributed by atoms with E-state index in [4.69, 9.17) is 4.74 Å². The summed E-state index contributed by atoms with van der Waals surface area (Å²) in [6.45, 7) is 18.3. The summed E-state index contributed by atoms with van der Waals surface area (Å²) in [5.74, 6) is 0. The third kappa shape index (κ3) is 5.13. The smallest absolute Gasteiger partial charge is 0.0600 e. The van der Waals surface area contributed by atoms with Crippen LogP contribution in [0.15, 0.2) is 0 Å². The van der Waals surface area contributed by atoms with E-state index in [9.17, 15) is 0 Å². The van der Waals surface area contributed by atoms with E-state index in [1.807, 2.05) is 0 Å². The Balaban J connectivity index is 1.29. The van der Waals surface area contributed by atoms with Crippen molar-refractivity contribution in [1.82, 2.24) is 20.0 Å². The van der Waals surface area contributed by atoms with Gasteiger partial charge in [0.15, 0.2) is 0 Å². The molecule has 0 atom stereocenters. The summed E-state index contributed by atoms with van der Waals surface area (Å²) in [7, 11) is 0. The van der Waals surface area contributed by atoms with Gasteiger partial charge in [-0.15, -0.1) is 0 Å². The molecule has 0 aliphatic carbocycles. The molecule has 0 amide bonds. The molecule has 0 spiro atoms. The maximum Gasteiger partial charge on any atom is 0.0600 e. The zero-order chi connectivity index (χ0) is 16.3. The van der Waals surface area contributed by atoms with Gasteiger partial charge in [-0.2, -0.15) is 0 Å². The number of hydrogen-bond donors (Lipinski definition) is 1. The van der Waals surface area contributed by atoms with E-state index in [2.05, 4.69) is 40.8 Å². The zero-order valence-corrected chi connectivity index (χ0v) is 15.4. The number of nitrogens with zero attached hydrogens (tertiary/aromatic N) is 3. The van der Waals surface area contributed by atoms with Crippen molar-refractivity contribution in [3.05, 3.63) is 0 Å². The lowest BCUT2D eigenvalue weighted by Crippen LogP contribution is -2.62. The van der Waals surface area contributed by atoms with Gasteiger partial charge in [0.05, 0.1) is 12.2 Å². The Hall–Kier alpha value is -0.200. The predicted molar refractivity (Wildman–Crippen MR) is 95.0 cm³/mol. The zero-order valence-electron chi connectivity index (χ0n) is 15.4. The predicted octanol–water partition coefficient (Wildman–Crippen LogP) is 0.855. The van der Waals surface area contributed by atoms with Gasteiger partial charge < -0.3 is 10.1 Å². The number of ether oxygens (including phenoxy) is 1. The van der Waals surface area contributed by atoms with Gasteiger partial charge in [0.1, 0.15) is 0 Å². The minimum absolute atomic E-state index is 0.00385. The molecule has 0 radical (unpaired) electrons. The highest BCUT2D eigenvalue weighted by molar-refractivity contribution is 4.92. The summed E-state index contributed by atoms with van der Waals surface area (Å²) >= 11 is 0. The van der Waals surface area contributed by atoms with Gasteiger partial charge in [0.2, 0.25) is 0 Å². The standard InChI is InChI=1S/C18H36N4O/c1-18(2,3)23-13-12-20-14-17(15-20)21-8-4-16(5-9-21)22-10-6-19-7-11-22/h16-17,19H,4-15H2,1-3H3. The van der Waals surface area contributed by atoms with Gasteiger partial charge in [-0.05, 0) is 33.6 Å². The molecule has 0 bridgehead atoms. The van der Waals surface area contributed by atoms with Crippen LogP contribution >= 0.6 is 0 Å². The molecule has 1 N–H and O–H groups in total. The summed E-state index contributed by atoms with van der Waals surface area (Å²) in [6, 6.07) is 1.64. The molecular formula is C18H36N4O. The third-order valence-corrected chi connectivity index (χ3v) is 5.56. The van der Waals surface area contributed by atoms with Crippen molar-refractivity contribution in [2.45, 2.75) is 51.3 Å². The fraction of sp³-hybridized carbons (Fsp3) is 1.00. The molecule has 3 heterocycles. The van der Waals surface area contributed by atoms with Crippen molar-refractivity contribution in [1.29, 1.82) is 0 Å². The fourth-order valence-electron chi connectivity index (χ4n) is 4.10. The van der Waals surface area contributed by atoms with E-state index in [1.165, 1.54) is 65.2 Å². The SMILES string of the molecule is CC(C)(C)OCCN1CC(N2CCC(N3CCNCC3)CC2)C1. The minimum atomic E-state index is -0.00385. The maximum atomic E-state index is 5.83. The number of nitrogens with one attached hydrogen (secondary N) is 1. The Kier molecular flexibility index (Phi) is 5.97. The van der Waals surface area contributed by atoms with Crippen molar-refractivity contribution < 1.29 is 4.74 Å². The van der Waals surface area contributed by atoms with Crippen LogP contribution in [-0.2, 0) is 4.74 Å². The topological polar surface area (TPSA) is 31.0 Å². The summed E-state index contributed by atoms with van der Waals surface area (Å²) in [5, 5.41) is 3.46. The minimum Gasteiger partial charge on any atom is -0.375 e. The Morgan fingerprint density at radius 2 is 1.52 bits per heavy atom. The molecule has 0 saturated carbocycles. The summed E-state index contributed by atoms with van der Waals surface area (Å²) in [5.41, 5.74) is -0.00385. The molecule has 3 rings (SSSR count). The average molecular weight is 325 g/mol. The lowest BCUT2D eigenvalue weighted by Gasteiger charge is -2.49.